The zero-order valence-electron chi connectivity index (χ0n) is 10.7. The molecule has 0 radical (unpaired) electrons. The van der Waals surface area contributed by atoms with E-state index in [0.717, 1.165) is 35.5 Å². The summed E-state index contributed by atoms with van der Waals surface area (Å²) >= 11 is 3.53. The van der Waals surface area contributed by atoms with Gasteiger partial charge in [-0.15, -0.1) is 0 Å². The number of nitrogens with one attached hydrogen (secondary N) is 1. The number of benzene rings is 1. The van der Waals surface area contributed by atoms with Gasteiger partial charge in [0.1, 0.15) is 0 Å². The van der Waals surface area contributed by atoms with Crippen LogP contribution in [0.15, 0.2) is 22.7 Å². The molecule has 1 aliphatic carbocycles. The van der Waals surface area contributed by atoms with Crippen LogP contribution in [0.25, 0.3) is 0 Å². The Bertz CT molecular complexity index is 507. The number of nitriles is 1. The molecule has 1 saturated carbocycles. The summed E-state index contributed by atoms with van der Waals surface area (Å²) in [5.74, 6) is 0.800. The Morgan fingerprint density at radius 3 is 2.84 bits per heavy atom. The number of halogens is 1. The van der Waals surface area contributed by atoms with Gasteiger partial charge in [-0.25, -0.2) is 0 Å². The Balaban J connectivity index is 1.65. The molecule has 100 valence electrons. The summed E-state index contributed by atoms with van der Waals surface area (Å²) in [6, 6.07) is 8.32. The van der Waals surface area contributed by atoms with Crippen molar-refractivity contribution < 1.29 is 4.74 Å². The second-order valence-electron chi connectivity index (χ2n) is 5.42. The topological polar surface area (TPSA) is 45.0 Å². The van der Waals surface area contributed by atoms with Crippen LogP contribution in [0.3, 0.4) is 0 Å². The fourth-order valence-corrected chi connectivity index (χ4v) is 3.17. The van der Waals surface area contributed by atoms with Crippen LogP contribution in [0.2, 0.25) is 0 Å². The third kappa shape index (κ3) is 3.10. The lowest BCUT2D eigenvalue weighted by Crippen LogP contribution is -2.35. The number of anilines is 1. The predicted molar refractivity (Wildman–Crippen MR) is 78.0 cm³/mol. The van der Waals surface area contributed by atoms with Crippen molar-refractivity contribution in [2.45, 2.75) is 37.8 Å². The van der Waals surface area contributed by atoms with Crippen molar-refractivity contribution >= 4 is 21.6 Å². The van der Waals surface area contributed by atoms with Crippen LogP contribution in [-0.2, 0) is 4.74 Å². The molecule has 1 aromatic carbocycles. The van der Waals surface area contributed by atoms with Gasteiger partial charge in [0.25, 0.3) is 0 Å². The van der Waals surface area contributed by atoms with Crippen molar-refractivity contribution in [1.29, 1.82) is 5.26 Å². The standard InChI is InChI=1S/C15H17BrN2O/c16-13-7-10(9-17)1-4-14(13)18-12-5-6-19-15(8-12)11-2-3-11/h1,4,7,11-12,15,18H,2-3,5-6,8H2. The Kier molecular flexibility index (Phi) is 3.76. The van der Waals surface area contributed by atoms with Gasteiger partial charge < -0.3 is 10.1 Å². The average molecular weight is 321 g/mol. The molecule has 1 aliphatic heterocycles. The monoisotopic (exact) mass is 320 g/mol. The van der Waals surface area contributed by atoms with E-state index < -0.39 is 0 Å². The Hall–Kier alpha value is -1.05. The van der Waals surface area contributed by atoms with Crippen LogP contribution in [0.4, 0.5) is 5.69 Å². The summed E-state index contributed by atoms with van der Waals surface area (Å²) in [6.45, 7) is 0.854. The second-order valence-corrected chi connectivity index (χ2v) is 6.27. The number of nitrogens with zero attached hydrogens (tertiary/aromatic N) is 1. The van der Waals surface area contributed by atoms with Crippen LogP contribution in [0.1, 0.15) is 31.2 Å². The summed E-state index contributed by atoms with van der Waals surface area (Å²) in [4.78, 5) is 0. The highest BCUT2D eigenvalue weighted by Gasteiger charge is 2.35. The van der Waals surface area contributed by atoms with E-state index in [1.165, 1.54) is 12.8 Å². The van der Waals surface area contributed by atoms with Crippen molar-refractivity contribution in [2.75, 3.05) is 11.9 Å². The van der Waals surface area contributed by atoms with Crippen LogP contribution in [0.5, 0.6) is 0 Å². The van der Waals surface area contributed by atoms with E-state index in [2.05, 4.69) is 27.3 Å². The van der Waals surface area contributed by atoms with Crippen LogP contribution in [-0.4, -0.2) is 18.8 Å². The van der Waals surface area contributed by atoms with E-state index >= 15 is 0 Å². The molecule has 0 amide bonds. The van der Waals surface area contributed by atoms with Crippen LogP contribution < -0.4 is 5.32 Å². The Labute approximate surface area is 122 Å². The fraction of sp³-hybridized carbons (Fsp3) is 0.533. The van der Waals surface area contributed by atoms with Gasteiger partial charge in [-0.2, -0.15) is 5.26 Å². The molecule has 2 fully saturated rings. The van der Waals surface area contributed by atoms with Crippen molar-refractivity contribution in [2.24, 2.45) is 5.92 Å². The van der Waals surface area contributed by atoms with Crippen molar-refractivity contribution in [1.82, 2.24) is 0 Å². The molecule has 0 spiro atoms. The summed E-state index contributed by atoms with van der Waals surface area (Å²) in [6.07, 6.45) is 5.26. The first-order valence-corrected chi connectivity index (χ1v) is 7.63. The molecule has 3 rings (SSSR count). The zero-order valence-corrected chi connectivity index (χ0v) is 12.3. The molecule has 4 heteroatoms. The highest BCUT2D eigenvalue weighted by molar-refractivity contribution is 9.10. The molecule has 0 bridgehead atoms. The van der Waals surface area contributed by atoms with E-state index in [1.807, 2.05) is 18.2 Å². The minimum Gasteiger partial charge on any atom is -0.381 e. The van der Waals surface area contributed by atoms with E-state index in [9.17, 15) is 0 Å². The van der Waals surface area contributed by atoms with Gasteiger partial charge >= 0.3 is 0 Å². The molecule has 3 nitrogen and oxygen atoms in total. The van der Waals surface area contributed by atoms with Crippen molar-refractivity contribution in [3.8, 4) is 6.07 Å². The van der Waals surface area contributed by atoms with Crippen molar-refractivity contribution in [3.63, 3.8) is 0 Å². The first-order valence-electron chi connectivity index (χ1n) is 6.84. The molecule has 2 unspecified atom stereocenters. The van der Waals surface area contributed by atoms with Crippen LogP contribution >= 0.6 is 15.9 Å². The molecule has 2 aliphatic rings. The third-order valence-electron chi connectivity index (χ3n) is 3.92. The van der Waals surface area contributed by atoms with Gasteiger partial charge in [0.15, 0.2) is 0 Å². The molecule has 1 aromatic rings. The summed E-state index contributed by atoms with van der Waals surface area (Å²) < 4.78 is 6.80. The highest BCUT2D eigenvalue weighted by atomic mass is 79.9. The molecule has 1 N–H and O–H groups in total. The fourth-order valence-electron chi connectivity index (χ4n) is 2.68. The number of ether oxygens (including phenoxy) is 1. The smallest absolute Gasteiger partial charge is 0.0992 e. The largest absolute Gasteiger partial charge is 0.381 e. The highest BCUT2D eigenvalue weighted by Crippen LogP contribution is 2.38. The van der Waals surface area contributed by atoms with E-state index in [1.54, 1.807) is 0 Å². The molecular formula is C15H17BrN2O. The molecular weight excluding hydrogens is 304 g/mol. The molecule has 0 aromatic heterocycles. The summed E-state index contributed by atoms with van der Waals surface area (Å²) in [5.41, 5.74) is 1.75. The minimum absolute atomic E-state index is 0.448. The van der Waals surface area contributed by atoms with Gasteiger partial charge in [0.2, 0.25) is 0 Å². The SMILES string of the molecule is N#Cc1ccc(NC2CCOC(C3CC3)C2)c(Br)c1. The molecule has 2 atom stereocenters. The second kappa shape index (κ2) is 5.52. The molecule has 19 heavy (non-hydrogen) atoms. The Morgan fingerprint density at radius 1 is 1.32 bits per heavy atom. The van der Waals surface area contributed by atoms with Crippen molar-refractivity contribution in [3.05, 3.63) is 28.2 Å². The maximum atomic E-state index is 8.87. The normalized spacial score (nSPS) is 26.7. The van der Waals surface area contributed by atoms with Gasteiger partial charge in [0, 0.05) is 22.8 Å². The van der Waals surface area contributed by atoms with E-state index in [4.69, 9.17) is 10.00 Å². The molecule has 1 saturated heterocycles. The predicted octanol–water partition coefficient (Wildman–Crippen LogP) is 3.69. The number of rotatable bonds is 3. The first kappa shape index (κ1) is 13.0. The average Bonchev–Trinajstić information content (AvgIpc) is 3.26. The third-order valence-corrected chi connectivity index (χ3v) is 4.58. The lowest BCUT2D eigenvalue weighted by atomic mass is 10.00. The quantitative estimate of drug-likeness (QED) is 0.923. The van der Waals surface area contributed by atoms with Gasteiger partial charge in [0.05, 0.1) is 17.7 Å². The van der Waals surface area contributed by atoms with E-state index in [-0.39, 0.29) is 0 Å². The maximum Gasteiger partial charge on any atom is 0.0992 e. The minimum atomic E-state index is 0.448. The number of hydrogen-bond acceptors (Lipinski definition) is 3. The maximum absolute atomic E-state index is 8.87. The van der Waals surface area contributed by atoms with Crippen LogP contribution in [0, 0.1) is 17.2 Å². The Morgan fingerprint density at radius 2 is 2.16 bits per heavy atom. The van der Waals surface area contributed by atoms with E-state index in [0.29, 0.717) is 17.7 Å². The van der Waals surface area contributed by atoms with Gasteiger partial charge in [-0.05, 0) is 65.7 Å². The summed E-state index contributed by atoms with van der Waals surface area (Å²) in [7, 11) is 0. The summed E-state index contributed by atoms with van der Waals surface area (Å²) in [5, 5.41) is 12.4. The number of hydrogen-bond donors (Lipinski definition) is 1. The van der Waals surface area contributed by atoms with Gasteiger partial charge in [-0.1, -0.05) is 0 Å². The lowest BCUT2D eigenvalue weighted by molar-refractivity contribution is -0.00219. The lowest BCUT2D eigenvalue weighted by Gasteiger charge is -2.31. The first-order chi connectivity index (χ1) is 9.26. The van der Waals surface area contributed by atoms with Gasteiger partial charge in [-0.3, -0.25) is 0 Å². The zero-order chi connectivity index (χ0) is 13.2. The molecule has 1 heterocycles.